The minimum absolute atomic E-state index is 0.0743. The molecule has 0 bridgehead atoms. The monoisotopic (exact) mass is 586 g/mol. The second-order valence-electron chi connectivity index (χ2n) is 9.24. The van der Waals surface area contributed by atoms with E-state index in [1.54, 1.807) is 18.9 Å². The van der Waals surface area contributed by atoms with E-state index in [9.17, 15) is 9.59 Å². The Hall–Kier alpha value is -3.73. The maximum absolute atomic E-state index is 13.6. The molecule has 10 heteroatoms. The maximum atomic E-state index is 13.6. The van der Waals surface area contributed by atoms with Crippen molar-refractivity contribution in [3.05, 3.63) is 91.0 Å². The van der Waals surface area contributed by atoms with Crippen molar-refractivity contribution >= 4 is 73.5 Å². The van der Waals surface area contributed by atoms with E-state index >= 15 is 0 Å². The first-order valence-electron chi connectivity index (χ1n) is 12.7. The van der Waals surface area contributed by atoms with Crippen molar-refractivity contribution in [1.82, 2.24) is 4.98 Å². The standard InChI is InChI=1S/C30H26N4O3S3/c1-18(28(35)33-29-32-22-15-14-20(37-2)17-27(22)40-29)38-21-9-7-8-19(16-21)31-30(36)34-23-10-3-5-12-25(23)39-26-13-6-4-11-24(26)34/h3-18,23,25H,1-2H3,(H,31,36)(H,32,33,35). The normalized spacial score (nSPS) is 18.1. The molecule has 0 saturated heterocycles. The number of allylic oxidation sites excluding steroid dienone is 2. The number of ether oxygens (including phenoxy) is 1. The van der Waals surface area contributed by atoms with E-state index < -0.39 is 0 Å². The summed E-state index contributed by atoms with van der Waals surface area (Å²) in [6.07, 6.45) is 8.23. The zero-order valence-electron chi connectivity index (χ0n) is 21.7. The van der Waals surface area contributed by atoms with E-state index in [0.717, 1.165) is 31.4 Å². The molecule has 0 spiro atoms. The number of para-hydroxylation sites is 1. The fraction of sp³-hybridized carbons (Fsp3) is 0.167. The number of rotatable bonds is 6. The molecule has 4 aromatic rings. The Balaban J connectivity index is 1.13. The van der Waals surface area contributed by atoms with Gasteiger partial charge in [-0.05, 0) is 55.5 Å². The zero-order chi connectivity index (χ0) is 27.6. The van der Waals surface area contributed by atoms with Crippen LogP contribution in [0.2, 0.25) is 0 Å². The van der Waals surface area contributed by atoms with Gasteiger partial charge >= 0.3 is 6.03 Å². The number of fused-ring (bicyclic) bond motifs is 3. The Morgan fingerprint density at radius 2 is 1.88 bits per heavy atom. The zero-order valence-corrected chi connectivity index (χ0v) is 24.2. The number of hydrogen-bond donors (Lipinski definition) is 2. The number of urea groups is 1. The second kappa shape index (κ2) is 11.4. The Morgan fingerprint density at radius 1 is 1.02 bits per heavy atom. The van der Waals surface area contributed by atoms with Gasteiger partial charge in [-0.3, -0.25) is 9.69 Å². The molecule has 3 unspecified atom stereocenters. The van der Waals surface area contributed by atoms with Crippen molar-refractivity contribution in [3.63, 3.8) is 0 Å². The van der Waals surface area contributed by atoms with Crippen LogP contribution in [-0.2, 0) is 4.79 Å². The summed E-state index contributed by atoms with van der Waals surface area (Å²) < 4.78 is 6.22. The smallest absolute Gasteiger partial charge is 0.326 e. The first-order chi connectivity index (χ1) is 19.5. The van der Waals surface area contributed by atoms with Gasteiger partial charge < -0.3 is 15.4 Å². The second-order valence-corrected chi connectivity index (χ2v) is 12.9. The summed E-state index contributed by atoms with van der Waals surface area (Å²) in [4.78, 5) is 34.9. The number of thiazole rings is 1. The topological polar surface area (TPSA) is 83.6 Å². The number of amides is 3. The molecule has 2 aliphatic rings. The van der Waals surface area contributed by atoms with Crippen LogP contribution in [-0.4, -0.2) is 40.6 Å². The molecule has 3 atom stereocenters. The van der Waals surface area contributed by atoms with Crippen LogP contribution in [0.1, 0.15) is 6.92 Å². The predicted molar refractivity (Wildman–Crippen MR) is 166 cm³/mol. The van der Waals surface area contributed by atoms with E-state index in [2.05, 4.69) is 33.8 Å². The van der Waals surface area contributed by atoms with E-state index in [1.807, 2.05) is 84.6 Å². The molecule has 7 nitrogen and oxygen atoms in total. The molecule has 2 N–H and O–H groups in total. The van der Waals surface area contributed by atoms with Crippen LogP contribution in [0.4, 0.5) is 21.3 Å². The average molecular weight is 587 g/mol. The average Bonchev–Trinajstić information content (AvgIpc) is 3.37. The highest BCUT2D eigenvalue weighted by atomic mass is 32.2. The van der Waals surface area contributed by atoms with Gasteiger partial charge in [0.15, 0.2) is 5.13 Å². The van der Waals surface area contributed by atoms with Crippen molar-refractivity contribution in [1.29, 1.82) is 0 Å². The number of carbonyl (C=O) groups excluding carboxylic acids is 2. The first-order valence-corrected chi connectivity index (χ1v) is 15.3. The minimum Gasteiger partial charge on any atom is -0.497 e. The molecule has 2 heterocycles. The van der Waals surface area contributed by atoms with Crippen LogP contribution in [0.5, 0.6) is 5.75 Å². The van der Waals surface area contributed by atoms with Crippen LogP contribution < -0.4 is 20.3 Å². The van der Waals surface area contributed by atoms with Crippen molar-refractivity contribution in [2.45, 2.75) is 33.3 Å². The van der Waals surface area contributed by atoms with Gasteiger partial charge in [-0.2, -0.15) is 0 Å². The Labute approximate surface area is 244 Å². The van der Waals surface area contributed by atoms with E-state index in [-0.39, 0.29) is 28.5 Å². The number of nitrogens with one attached hydrogen (secondary N) is 2. The van der Waals surface area contributed by atoms with Gasteiger partial charge in [-0.15, -0.1) is 23.5 Å². The van der Waals surface area contributed by atoms with Crippen molar-refractivity contribution < 1.29 is 14.3 Å². The van der Waals surface area contributed by atoms with Gasteiger partial charge in [-0.25, -0.2) is 9.78 Å². The van der Waals surface area contributed by atoms with Gasteiger partial charge in [0, 0.05) is 15.5 Å². The molecule has 0 fully saturated rings. The van der Waals surface area contributed by atoms with Crippen LogP contribution in [0.15, 0.2) is 101 Å². The van der Waals surface area contributed by atoms with Crippen molar-refractivity contribution in [2.24, 2.45) is 0 Å². The molecule has 3 amide bonds. The lowest BCUT2D eigenvalue weighted by Crippen LogP contribution is -2.49. The van der Waals surface area contributed by atoms with Gasteiger partial charge in [-0.1, -0.05) is 53.8 Å². The number of aromatic nitrogens is 1. The lowest BCUT2D eigenvalue weighted by atomic mass is 10.1. The van der Waals surface area contributed by atoms with Crippen LogP contribution >= 0.6 is 34.9 Å². The fourth-order valence-electron chi connectivity index (χ4n) is 4.61. The lowest BCUT2D eigenvalue weighted by Gasteiger charge is -2.40. The lowest BCUT2D eigenvalue weighted by molar-refractivity contribution is -0.115. The first kappa shape index (κ1) is 26.5. The molecular weight excluding hydrogens is 561 g/mol. The third-order valence-corrected chi connectivity index (χ3v) is 9.89. The molecule has 40 heavy (non-hydrogen) atoms. The van der Waals surface area contributed by atoms with Crippen LogP contribution in [0, 0.1) is 0 Å². The van der Waals surface area contributed by atoms with Crippen molar-refractivity contribution in [3.8, 4) is 5.75 Å². The summed E-state index contributed by atoms with van der Waals surface area (Å²) in [5.74, 6) is 0.608. The van der Waals surface area contributed by atoms with E-state index in [1.165, 1.54) is 23.1 Å². The Morgan fingerprint density at radius 3 is 2.75 bits per heavy atom. The number of hydrogen-bond acceptors (Lipinski definition) is 7. The number of carbonyl (C=O) groups is 2. The van der Waals surface area contributed by atoms with Crippen LogP contribution in [0.3, 0.4) is 0 Å². The highest BCUT2D eigenvalue weighted by molar-refractivity contribution is 8.00. The van der Waals surface area contributed by atoms with E-state index in [4.69, 9.17) is 4.74 Å². The molecule has 1 aliphatic carbocycles. The molecule has 1 aromatic heterocycles. The summed E-state index contributed by atoms with van der Waals surface area (Å²) in [5, 5.41) is 6.34. The quantitative estimate of drug-likeness (QED) is 0.229. The number of methoxy groups -OCH3 is 1. The molecule has 3 aromatic carbocycles. The minimum atomic E-state index is -0.376. The highest BCUT2D eigenvalue weighted by Gasteiger charge is 2.36. The summed E-state index contributed by atoms with van der Waals surface area (Å²) in [6.45, 7) is 1.85. The van der Waals surface area contributed by atoms with Gasteiger partial charge in [0.1, 0.15) is 5.75 Å². The molecular formula is C30H26N4O3S3. The molecule has 6 rings (SSSR count). The predicted octanol–water partition coefficient (Wildman–Crippen LogP) is 7.43. The summed E-state index contributed by atoms with van der Waals surface area (Å²) in [6, 6.07) is 20.9. The summed E-state index contributed by atoms with van der Waals surface area (Å²) in [5.41, 5.74) is 2.38. The third-order valence-electron chi connectivity index (χ3n) is 6.55. The third kappa shape index (κ3) is 5.47. The highest BCUT2D eigenvalue weighted by Crippen LogP contribution is 2.43. The maximum Gasteiger partial charge on any atom is 0.326 e. The number of thioether (sulfide) groups is 2. The Kier molecular flexibility index (Phi) is 7.55. The largest absolute Gasteiger partial charge is 0.497 e. The summed E-state index contributed by atoms with van der Waals surface area (Å²) in [7, 11) is 1.62. The molecule has 0 radical (unpaired) electrons. The number of benzene rings is 3. The van der Waals surface area contributed by atoms with Crippen LogP contribution in [0.25, 0.3) is 10.2 Å². The Bertz CT molecular complexity index is 1650. The van der Waals surface area contributed by atoms with Gasteiger partial charge in [0.2, 0.25) is 5.91 Å². The van der Waals surface area contributed by atoms with Gasteiger partial charge in [0.05, 0.1) is 39.6 Å². The number of anilines is 3. The number of nitrogens with zero attached hydrogens (tertiary/aromatic N) is 2. The summed E-state index contributed by atoms with van der Waals surface area (Å²) >= 11 is 4.61. The van der Waals surface area contributed by atoms with Gasteiger partial charge in [0.25, 0.3) is 0 Å². The molecule has 0 saturated carbocycles. The van der Waals surface area contributed by atoms with E-state index in [0.29, 0.717) is 10.8 Å². The SMILES string of the molecule is COc1ccc2nc(NC(=O)C(C)Sc3cccc(NC(=O)N4c5ccccc5SC5C=CC=CC54)c3)sc2c1. The van der Waals surface area contributed by atoms with Crippen molar-refractivity contribution in [2.75, 3.05) is 22.6 Å². The molecule has 202 valence electrons. The fourth-order valence-corrected chi connectivity index (χ4v) is 7.69. The molecule has 1 aliphatic heterocycles.